The van der Waals surface area contributed by atoms with Crippen LogP contribution in [-0.4, -0.2) is 20.4 Å². The molecular weight excluding hydrogens is 239 g/mol. The standard InChI is InChI=1S/C7H5ClF3NOS/c8-6(9)7(10,11)14(13)5-3-1-2-4-12-5/h1-4,6H. The zero-order valence-electron chi connectivity index (χ0n) is 6.66. The van der Waals surface area contributed by atoms with Gasteiger partial charge in [0.1, 0.15) is 0 Å². The summed E-state index contributed by atoms with van der Waals surface area (Å²) in [5.74, 6) is 0. The summed E-state index contributed by atoms with van der Waals surface area (Å²) in [6.45, 7) is 0. The van der Waals surface area contributed by atoms with Crippen molar-refractivity contribution in [2.45, 2.75) is 15.9 Å². The lowest BCUT2D eigenvalue weighted by atomic mass is 10.5. The molecule has 0 aliphatic heterocycles. The normalized spacial score (nSPS) is 16.4. The van der Waals surface area contributed by atoms with Crippen LogP contribution < -0.4 is 0 Å². The lowest BCUT2D eigenvalue weighted by Crippen LogP contribution is -2.36. The van der Waals surface area contributed by atoms with Gasteiger partial charge in [0.2, 0.25) is 0 Å². The van der Waals surface area contributed by atoms with Gasteiger partial charge < -0.3 is 4.55 Å². The van der Waals surface area contributed by atoms with E-state index in [1.54, 1.807) is 0 Å². The Bertz CT molecular complexity index is 298. The van der Waals surface area contributed by atoms with Crippen molar-refractivity contribution in [3.05, 3.63) is 24.4 Å². The van der Waals surface area contributed by atoms with E-state index >= 15 is 0 Å². The number of halogens is 4. The maximum atomic E-state index is 12.8. The molecule has 0 fully saturated rings. The van der Waals surface area contributed by atoms with E-state index in [1.807, 2.05) is 0 Å². The topological polar surface area (TPSA) is 36.0 Å². The number of nitrogens with zero attached hydrogens (tertiary/aromatic N) is 1. The van der Waals surface area contributed by atoms with Crippen LogP contribution in [0.2, 0.25) is 0 Å². The molecular formula is C7H5ClF3NOS. The van der Waals surface area contributed by atoms with Crippen LogP contribution in [0.5, 0.6) is 0 Å². The smallest absolute Gasteiger partial charge is 0.458 e. The Balaban J connectivity index is 2.90. The highest BCUT2D eigenvalue weighted by Gasteiger charge is 2.53. The zero-order valence-corrected chi connectivity index (χ0v) is 8.23. The summed E-state index contributed by atoms with van der Waals surface area (Å²) in [5, 5.41) is -4.53. The third-order valence-electron chi connectivity index (χ3n) is 1.33. The van der Waals surface area contributed by atoms with E-state index in [4.69, 9.17) is 0 Å². The van der Waals surface area contributed by atoms with Crippen LogP contribution in [0.25, 0.3) is 0 Å². The van der Waals surface area contributed by atoms with E-state index < -0.39 is 27.1 Å². The largest absolute Gasteiger partial charge is 0.605 e. The fraction of sp³-hybridized carbons (Fsp3) is 0.286. The van der Waals surface area contributed by atoms with Gasteiger partial charge in [-0.1, -0.05) is 17.7 Å². The zero-order chi connectivity index (χ0) is 10.8. The predicted octanol–water partition coefficient (Wildman–Crippen LogP) is 2.32. The SMILES string of the molecule is [O-][S+](c1ccccn1)C(F)(F)C(F)Cl. The van der Waals surface area contributed by atoms with Gasteiger partial charge in [0.25, 0.3) is 10.7 Å². The Hall–Kier alpha value is -0.460. The minimum Gasteiger partial charge on any atom is -0.605 e. The fourth-order valence-electron chi connectivity index (χ4n) is 0.677. The highest BCUT2D eigenvalue weighted by molar-refractivity contribution is 7.92. The van der Waals surface area contributed by atoms with Crippen molar-refractivity contribution in [2.75, 3.05) is 0 Å². The van der Waals surface area contributed by atoms with Gasteiger partial charge in [-0.3, -0.25) is 0 Å². The van der Waals surface area contributed by atoms with Crippen LogP contribution in [0.3, 0.4) is 0 Å². The monoisotopic (exact) mass is 243 g/mol. The van der Waals surface area contributed by atoms with Crippen LogP contribution >= 0.6 is 11.6 Å². The van der Waals surface area contributed by atoms with Gasteiger partial charge in [-0.15, -0.1) is 8.78 Å². The molecule has 0 radical (unpaired) electrons. The average Bonchev–Trinajstić information content (AvgIpc) is 2.17. The molecule has 0 aromatic carbocycles. The van der Waals surface area contributed by atoms with Gasteiger partial charge >= 0.3 is 5.25 Å². The van der Waals surface area contributed by atoms with E-state index in [0.29, 0.717) is 0 Å². The third-order valence-corrected chi connectivity index (χ3v) is 3.06. The first kappa shape index (κ1) is 11.6. The Morgan fingerprint density at radius 3 is 2.57 bits per heavy atom. The minimum absolute atomic E-state index is 0.402. The van der Waals surface area contributed by atoms with E-state index in [0.717, 1.165) is 6.07 Å². The number of rotatable bonds is 3. The molecule has 1 heterocycles. The molecule has 0 saturated heterocycles. The molecule has 78 valence electrons. The molecule has 2 nitrogen and oxygen atoms in total. The molecule has 0 bridgehead atoms. The first-order valence-corrected chi connectivity index (χ1v) is 5.03. The first-order valence-electron chi connectivity index (χ1n) is 3.45. The van der Waals surface area contributed by atoms with Crippen molar-refractivity contribution in [3.8, 4) is 0 Å². The van der Waals surface area contributed by atoms with Crippen molar-refractivity contribution in [3.63, 3.8) is 0 Å². The second-order valence-electron chi connectivity index (χ2n) is 2.30. The van der Waals surface area contributed by atoms with Crippen molar-refractivity contribution in [1.29, 1.82) is 0 Å². The van der Waals surface area contributed by atoms with Gasteiger partial charge in [-0.05, 0) is 6.07 Å². The maximum absolute atomic E-state index is 12.8. The molecule has 14 heavy (non-hydrogen) atoms. The van der Waals surface area contributed by atoms with E-state index in [1.165, 1.54) is 18.3 Å². The summed E-state index contributed by atoms with van der Waals surface area (Å²) < 4.78 is 48.8. The summed E-state index contributed by atoms with van der Waals surface area (Å²) >= 11 is 1.70. The molecule has 1 aromatic rings. The Morgan fingerprint density at radius 2 is 2.14 bits per heavy atom. The molecule has 0 aliphatic carbocycles. The molecule has 0 saturated carbocycles. The number of aromatic nitrogens is 1. The summed E-state index contributed by atoms with van der Waals surface area (Å²) in [7, 11) is 0. The van der Waals surface area contributed by atoms with Crippen LogP contribution in [0.4, 0.5) is 13.2 Å². The summed E-state index contributed by atoms with van der Waals surface area (Å²) in [6.07, 6.45) is 1.19. The first-order chi connectivity index (χ1) is 6.46. The van der Waals surface area contributed by atoms with Gasteiger partial charge in [-0.25, -0.2) is 9.37 Å². The quantitative estimate of drug-likeness (QED) is 0.603. The highest BCUT2D eigenvalue weighted by atomic mass is 35.5. The van der Waals surface area contributed by atoms with Crippen LogP contribution in [0, 0.1) is 0 Å². The van der Waals surface area contributed by atoms with Crippen molar-refractivity contribution in [2.24, 2.45) is 0 Å². The molecule has 7 heteroatoms. The van der Waals surface area contributed by atoms with E-state index in [2.05, 4.69) is 16.6 Å². The van der Waals surface area contributed by atoms with Gasteiger partial charge in [0.05, 0.1) is 11.2 Å². The molecule has 2 atom stereocenters. The maximum Gasteiger partial charge on any atom is 0.458 e. The Kier molecular flexibility index (Phi) is 3.63. The lowest BCUT2D eigenvalue weighted by molar-refractivity contribution is 0.0421. The van der Waals surface area contributed by atoms with Crippen LogP contribution in [-0.2, 0) is 11.2 Å². The number of hydrogen-bond donors (Lipinski definition) is 0. The highest BCUT2D eigenvalue weighted by Crippen LogP contribution is 2.34. The third kappa shape index (κ3) is 2.31. The summed E-state index contributed by atoms with van der Waals surface area (Å²) in [6, 6.07) is 3.95. The molecule has 0 N–H and O–H groups in total. The molecule has 0 aliphatic rings. The molecule has 0 spiro atoms. The summed E-state index contributed by atoms with van der Waals surface area (Å²) in [4.78, 5) is 3.42. The Labute approximate surface area is 86.3 Å². The van der Waals surface area contributed by atoms with Gasteiger partial charge in [0.15, 0.2) is 0 Å². The van der Waals surface area contributed by atoms with Gasteiger partial charge in [0, 0.05) is 12.3 Å². The average molecular weight is 244 g/mol. The van der Waals surface area contributed by atoms with Crippen LogP contribution in [0.15, 0.2) is 29.4 Å². The van der Waals surface area contributed by atoms with Crippen molar-refractivity contribution in [1.82, 2.24) is 4.98 Å². The molecule has 1 aromatic heterocycles. The second-order valence-corrected chi connectivity index (χ2v) is 4.18. The number of pyridine rings is 1. The number of alkyl halides is 4. The molecule has 2 unspecified atom stereocenters. The van der Waals surface area contributed by atoms with E-state index in [-0.39, 0.29) is 0 Å². The lowest BCUT2D eigenvalue weighted by Gasteiger charge is -2.18. The van der Waals surface area contributed by atoms with Crippen molar-refractivity contribution < 1.29 is 17.7 Å². The number of hydrogen-bond acceptors (Lipinski definition) is 2. The van der Waals surface area contributed by atoms with E-state index in [9.17, 15) is 17.7 Å². The summed E-state index contributed by atoms with van der Waals surface area (Å²) in [5.41, 5.74) is -3.00. The fourth-order valence-corrected chi connectivity index (χ4v) is 1.72. The molecule has 1 rings (SSSR count). The minimum atomic E-state index is -4.13. The van der Waals surface area contributed by atoms with Gasteiger partial charge in [-0.2, -0.15) is 0 Å². The molecule has 0 amide bonds. The van der Waals surface area contributed by atoms with Crippen molar-refractivity contribution >= 4 is 22.8 Å². The second kappa shape index (κ2) is 4.37. The predicted molar refractivity (Wildman–Crippen MR) is 46.3 cm³/mol. The Morgan fingerprint density at radius 1 is 1.50 bits per heavy atom. The van der Waals surface area contributed by atoms with Crippen LogP contribution in [0.1, 0.15) is 0 Å².